The Balaban J connectivity index is 1.84. The van der Waals surface area contributed by atoms with Crippen LogP contribution in [0.5, 0.6) is 0 Å². The molecule has 0 radical (unpaired) electrons. The fourth-order valence-electron chi connectivity index (χ4n) is 4.70. The van der Waals surface area contributed by atoms with Crippen LogP contribution in [0.1, 0.15) is 45.1 Å². The molecule has 34 heavy (non-hydrogen) atoms. The quantitative estimate of drug-likeness (QED) is 0.410. The van der Waals surface area contributed by atoms with Gasteiger partial charge in [0.1, 0.15) is 0 Å². The third-order valence-electron chi connectivity index (χ3n) is 6.33. The molecule has 1 aliphatic rings. The molecular weight excluding hydrogens is 446 g/mol. The maximum Gasteiger partial charge on any atom is 0.339 e. The SMILES string of the molecule is COC(=O)c1ccccc1-n1c(C)cc(C2C(c3ccccn3)NC(=S)N2CCN(C)C)c1C. The predicted molar refractivity (Wildman–Crippen MR) is 137 cm³/mol. The topological polar surface area (TPSA) is 62.6 Å². The standard InChI is InChI=1S/C26H31N5O2S/c1-17-16-20(18(2)31(17)22-12-7-6-10-19(22)25(32)33-5)24-23(21-11-8-9-13-27-21)28-26(34)30(24)15-14-29(3)4/h6-13,16,23-24H,14-15H2,1-5H3,(H,28,34). The first-order valence-corrected chi connectivity index (χ1v) is 11.7. The van der Waals surface area contributed by atoms with E-state index in [9.17, 15) is 4.79 Å². The number of para-hydroxylation sites is 1. The van der Waals surface area contributed by atoms with E-state index in [0.29, 0.717) is 5.56 Å². The Hall–Kier alpha value is -3.23. The number of aryl methyl sites for hydroxylation is 1. The van der Waals surface area contributed by atoms with E-state index in [1.54, 1.807) is 6.07 Å². The van der Waals surface area contributed by atoms with Gasteiger partial charge in [-0.3, -0.25) is 4.98 Å². The summed E-state index contributed by atoms with van der Waals surface area (Å²) in [5.41, 5.74) is 5.53. The number of rotatable bonds is 7. The van der Waals surface area contributed by atoms with Gasteiger partial charge in [-0.05, 0) is 76.1 Å². The van der Waals surface area contributed by atoms with E-state index in [1.165, 1.54) is 7.11 Å². The summed E-state index contributed by atoms with van der Waals surface area (Å²) in [6.45, 7) is 5.81. The zero-order chi connectivity index (χ0) is 24.4. The minimum atomic E-state index is -0.354. The van der Waals surface area contributed by atoms with Crippen LogP contribution in [0.2, 0.25) is 0 Å². The highest BCUT2D eigenvalue weighted by Crippen LogP contribution is 2.41. The number of likely N-dealkylation sites (N-methyl/N-ethyl adjacent to an activating group) is 1. The highest BCUT2D eigenvalue weighted by molar-refractivity contribution is 7.80. The molecule has 1 saturated heterocycles. The van der Waals surface area contributed by atoms with Crippen LogP contribution in [-0.4, -0.2) is 64.7 Å². The van der Waals surface area contributed by atoms with Crippen LogP contribution in [-0.2, 0) is 4.74 Å². The molecule has 0 aliphatic carbocycles. The van der Waals surface area contributed by atoms with Crippen LogP contribution in [0.4, 0.5) is 0 Å². The molecule has 0 amide bonds. The number of hydrogen-bond donors (Lipinski definition) is 1. The first kappa shape index (κ1) is 23.9. The third kappa shape index (κ3) is 4.43. The van der Waals surface area contributed by atoms with Gasteiger partial charge in [0.15, 0.2) is 5.11 Å². The second kappa shape index (κ2) is 9.95. The molecule has 1 N–H and O–H groups in total. The van der Waals surface area contributed by atoms with E-state index in [0.717, 1.165) is 46.5 Å². The van der Waals surface area contributed by atoms with Crippen molar-refractivity contribution in [3.05, 3.63) is 82.9 Å². The van der Waals surface area contributed by atoms with Crippen LogP contribution in [0.25, 0.3) is 5.69 Å². The third-order valence-corrected chi connectivity index (χ3v) is 6.68. The van der Waals surface area contributed by atoms with E-state index in [1.807, 2.05) is 42.6 Å². The lowest BCUT2D eigenvalue weighted by Crippen LogP contribution is -2.35. The number of aromatic nitrogens is 2. The predicted octanol–water partition coefficient (Wildman–Crippen LogP) is 3.81. The first-order chi connectivity index (χ1) is 16.3. The van der Waals surface area contributed by atoms with Crippen LogP contribution >= 0.6 is 12.2 Å². The summed E-state index contributed by atoms with van der Waals surface area (Å²) in [4.78, 5) is 21.5. The Kier molecular flexibility index (Phi) is 7.00. The minimum absolute atomic E-state index is 0.0346. The van der Waals surface area contributed by atoms with Gasteiger partial charge < -0.3 is 24.4 Å². The van der Waals surface area contributed by atoms with Crippen molar-refractivity contribution < 1.29 is 9.53 Å². The second-order valence-electron chi connectivity index (χ2n) is 8.79. The molecule has 1 fully saturated rings. The van der Waals surface area contributed by atoms with E-state index in [-0.39, 0.29) is 18.1 Å². The molecule has 0 saturated carbocycles. The van der Waals surface area contributed by atoms with Gasteiger partial charge in [0, 0.05) is 30.7 Å². The van der Waals surface area contributed by atoms with Gasteiger partial charge in [-0.15, -0.1) is 0 Å². The minimum Gasteiger partial charge on any atom is -0.465 e. The first-order valence-electron chi connectivity index (χ1n) is 11.3. The normalized spacial score (nSPS) is 17.8. The molecule has 178 valence electrons. The van der Waals surface area contributed by atoms with Crippen molar-refractivity contribution in [1.82, 2.24) is 24.7 Å². The number of pyridine rings is 1. The van der Waals surface area contributed by atoms with E-state index >= 15 is 0 Å². The van der Waals surface area contributed by atoms with Gasteiger partial charge >= 0.3 is 5.97 Å². The molecule has 4 rings (SSSR count). The number of ether oxygens (including phenoxy) is 1. The number of nitrogens with one attached hydrogen (secondary N) is 1. The Morgan fingerprint density at radius 1 is 1.18 bits per heavy atom. The van der Waals surface area contributed by atoms with E-state index in [4.69, 9.17) is 17.0 Å². The van der Waals surface area contributed by atoms with Crippen molar-refractivity contribution in [2.75, 3.05) is 34.3 Å². The Labute approximate surface area is 206 Å². The molecule has 1 aliphatic heterocycles. The van der Waals surface area contributed by atoms with Crippen molar-refractivity contribution in [1.29, 1.82) is 0 Å². The summed E-state index contributed by atoms with van der Waals surface area (Å²) in [7, 11) is 5.53. The van der Waals surface area contributed by atoms with Crippen molar-refractivity contribution in [2.24, 2.45) is 0 Å². The van der Waals surface area contributed by atoms with Crippen molar-refractivity contribution >= 4 is 23.3 Å². The molecule has 2 atom stereocenters. The van der Waals surface area contributed by atoms with E-state index in [2.05, 4.69) is 58.7 Å². The molecule has 2 aromatic heterocycles. The Bertz CT molecular complexity index is 1190. The van der Waals surface area contributed by atoms with Crippen molar-refractivity contribution in [3.63, 3.8) is 0 Å². The molecule has 0 bridgehead atoms. The number of esters is 1. The molecule has 2 unspecified atom stereocenters. The molecule has 7 nitrogen and oxygen atoms in total. The molecule has 3 heterocycles. The lowest BCUT2D eigenvalue weighted by Gasteiger charge is -2.29. The van der Waals surface area contributed by atoms with Crippen molar-refractivity contribution in [3.8, 4) is 5.69 Å². The molecule has 1 aromatic carbocycles. The molecule has 0 spiro atoms. The lowest BCUT2D eigenvalue weighted by atomic mass is 9.96. The number of thiocarbonyl (C=S) groups is 1. The van der Waals surface area contributed by atoms with Crippen LogP contribution in [0, 0.1) is 13.8 Å². The fraction of sp³-hybridized carbons (Fsp3) is 0.346. The average Bonchev–Trinajstić information content (AvgIpc) is 3.32. The molecular formula is C26H31N5O2S. The summed E-state index contributed by atoms with van der Waals surface area (Å²) in [5, 5.41) is 4.24. The second-order valence-corrected chi connectivity index (χ2v) is 9.18. The lowest BCUT2D eigenvalue weighted by molar-refractivity contribution is 0.0600. The molecule has 3 aromatic rings. The van der Waals surface area contributed by atoms with Gasteiger partial charge in [0.05, 0.1) is 36.1 Å². The summed E-state index contributed by atoms with van der Waals surface area (Å²) < 4.78 is 7.17. The Morgan fingerprint density at radius 2 is 1.91 bits per heavy atom. The number of benzene rings is 1. The Morgan fingerprint density at radius 3 is 2.59 bits per heavy atom. The van der Waals surface area contributed by atoms with Gasteiger partial charge in [-0.25, -0.2) is 4.79 Å². The van der Waals surface area contributed by atoms with Crippen LogP contribution in [0.3, 0.4) is 0 Å². The smallest absolute Gasteiger partial charge is 0.339 e. The highest BCUT2D eigenvalue weighted by atomic mass is 32.1. The number of hydrogen-bond acceptors (Lipinski definition) is 5. The van der Waals surface area contributed by atoms with Gasteiger partial charge in [-0.1, -0.05) is 18.2 Å². The van der Waals surface area contributed by atoms with Gasteiger partial charge in [-0.2, -0.15) is 0 Å². The zero-order valence-electron chi connectivity index (χ0n) is 20.3. The number of methoxy groups -OCH3 is 1. The monoisotopic (exact) mass is 477 g/mol. The summed E-state index contributed by atoms with van der Waals surface area (Å²) >= 11 is 5.79. The number of carbonyl (C=O) groups is 1. The van der Waals surface area contributed by atoms with Crippen molar-refractivity contribution in [2.45, 2.75) is 25.9 Å². The largest absolute Gasteiger partial charge is 0.465 e. The van der Waals surface area contributed by atoms with Crippen LogP contribution < -0.4 is 5.32 Å². The highest BCUT2D eigenvalue weighted by Gasteiger charge is 2.41. The zero-order valence-corrected chi connectivity index (χ0v) is 21.1. The fourth-order valence-corrected chi connectivity index (χ4v) is 5.03. The maximum absolute atomic E-state index is 12.5. The summed E-state index contributed by atoms with van der Waals surface area (Å²) in [6, 6.07) is 15.6. The van der Waals surface area contributed by atoms with E-state index < -0.39 is 0 Å². The summed E-state index contributed by atoms with van der Waals surface area (Å²) in [6.07, 6.45) is 1.81. The number of carbonyl (C=O) groups excluding carboxylic acids is 1. The summed E-state index contributed by atoms with van der Waals surface area (Å²) in [5.74, 6) is -0.354. The van der Waals surface area contributed by atoms with Gasteiger partial charge in [0.2, 0.25) is 0 Å². The molecule has 8 heteroatoms. The average molecular weight is 478 g/mol. The number of nitrogens with zero attached hydrogens (tertiary/aromatic N) is 4. The van der Waals surface area contributed by atoms with Gasteiger partial charge in [0.25, 0.3) is 0 Å². The maximum atomic E-state index is 12.5. The van der Waals surface area contributed by atoms with Crippen LogP contribution in [0.15, 0.2) is 54.7 Å².